The molecule has 2 rings (SSSR count). The Labute approximate surface area is 260 Å². The quantitative estimate of drug-likeness (QED) is 0.147. The second-order valence-corrected chi connectivity index (χ2v) is 10.2. The minimum absolute atomic E-state index is 0.101. The minimum Gasteiger partial charge on any atom is -0.469 e. The summed E-state index contributed by atoms with van der Waals surface area (Å²) in [5, 5.41) is 0. The van der Waals surface area contributed by atoms with Gasteiger partial charge in [0.05, 0.1) is 57.6 Å². The third-order valence-corrected chi connectivity index (χ3v) is 7.08. The Balaban J connectivity index is 0.000000532. The van der Waals surface area contributed by atoms with Crippen molar-refractivity contribution >= 4 is 23.9 Å². The van der Waals surface area contributed by atoms with Crippen molar-refractivity contribution in [1.82, 2.24) is 13.7 Å². The van der Waals surface area contributed by atoms with Gasteiger partial charge in [-0.15, -0.1) is 6.58 Å². The smallest absolute Gasteiger partial charge is 0.336 e. The lowest BCUT2D eigenvalue weighted by Crippen LogP contribution is -2.54. The molecule has 0 aromatic carbocycles. The fourth-order valence-electron chi connectivity index (χ4n) is 5.08. The van der Waals surface area contributed by atoms with E-state index in [1.807, 2.05) is 0 Å². The van der Waals surface area contributed by atoms with Gasteiger partial charge in [-0.1, -0.05) is 6.08 Å². The zero-order valence-corrected chi connectivity index (χ0v) is 27.1. The molecule has 6 atom stereocenters. The number of methoxy groups -OCH3 is 4. The number of esters is 4. The molecule has 1 heterocycles. The van der Waals surface area contributed by atoms with Crippen LogP contribution in [0.5, 0.6) is 0 Å². The SMILES string of the molecule is C=CCn1c(=O)n(CC)c(=O)n(CC)c1=O.COCC(C)OC(=O)C1C(C(=O)OC)CC(C(=O)OC)C1C(=O)OC(C)COC. The largest absolute Gasteiger partial charge is 0.469 e. The van der Waals surface area contributed by atoms with Crippen LogP contribution in [0.25, 0.3) is 0 Å². The van der Waals surface area contributed by atoms with E-state index in [-0.39, 0.29) is 39.3 Å². The number of ether oxygens (including phenoxy) is 6. The highest BCUT2D eigenvalue weighted by Gasteiger charge is 2.58. The molecule has 16 nitrogen and oxygen atoms in total. The molecule has 0 saturated heterocycles. The van der Waals surface area contributed by atoms with E-state index in [0.29, 0.717) is 0 Å². The van der Waals surface area contributed by atoms with Gasteiger partial charge in [0.2, 0.25) is 0 Å². The van der Waals surface area contributed by atoms with Crippen LogP contribution in [0.1, 0.15) is 34.1 Å². The molecule has 45 heavy (non-hydrogen) atoms. The monoisotopic (exact) mass is 643 g/mol. The van der Waals surface area contributed by atoms with Gasteiger partial charge in [-0.25, -0.2) is 28.1 Å². The molecule has 1 saturated carbocycles. The molecule has 0 aliphatic heterocycles. The summed E-state index contributed by atoms with van der Waals surface area (Å²) < 4.78 is 33.2. The number of aromatic nitrogens is 3. The molecule has 1 aromatic heterocycles. The summed E-state index contributed by atoms with van der Waals surface area (Å²) in [6.07, 6.45) is 0.114. The molecule has 0 radical (unpaired) electrons. The van der Waals surface area contributed by atoms with Crippen LogP contribution in [-0.2, 0) is 67.2 Å². The maximum atomic E-state index is 12.9. The first-order valence-electron chi connectivity index (χ1n) is 14.4. The van der Waals surface area contributed by atoms with Crippen LogP contribution in [0.2, 0.25) is 0 Å². The number of carbonyl (C=O) groups excluding carboxylic acids is 4. The predicted molar refractivity (Wildman–Crippen MR) is 158 cm³/mol. The lowest BCUT2D eigenvalue weighted by molar-refractivity contribution is -0.173. The maximum absolute atomic E-state index is 12.9. The average molecular weight is 644 g/mol. The Hall–Kier alpha value is -4.05. The number of hydrogen-bond donors (Lipinski definition) is 0. The van der Waals surface area contributed by atoms with Crippen LogP contribution >= 0.6 is 0 Å². The van der Waals surface area contributed by atoms with Crippen molar-refractivity contribution in [3.05, 3.63) is 44.1 Å². The van der Waals surface area contributed by atoms with Gasteiger partial charge in [-0.05, 0) is 34.1 Å². The molecule has 0 N–H and O–H groups in total. The fourth-order valence-corrected chi connectivity index (χ4v) is 5.08. The van der Waals surface area contributed by atoms with Crippen molar-refractivity contribution in [2.45, 2.75) is 66.0 Å². The molecule has 6 unspecified atom stereocenters. The maximum Gasteiger partial charge on any atom is 0.336 e. The number of rotatable bonds is 14. The Kier molecular flexibility index (Phi) is 16.2. The topological polar surface area (TPSA) is 190 Å². The van der Waals surface area contributed by atoms with Crippen LogP contribution in [0.15, 0.2) is 27.0 Å². The molecule has 1 fully saturated rings. The van der Waals surface area contributed by atoms with E-state index in [1.165, 1.54) is 20.3 Å². The summed E-state index contributed by atoms with van der Waals surface area (Å²) >= 11 is 0. The van der Waals surface area contributed by atoms with Crippen LogP contribution in [-0.4, -0.2) is 91.4 Å². The summed E-state index contributed by atoms with van der Waals surface area (Å²) in [4.78, 5) is 85.6. The van der Waals surface area contributed by atoms with Crippen molar-refractivity contribution < 1.29 is 47.6 Å². The van der Waals surface area contributed by atoms with E-state index in [2.05, 4.69) is 6.58 Å². The van der Waals surface area contributed by atoms with E-state index >= 15 is 0 Å². The first-order valence-corrected chi connectivity index (χ1v) is 14.4. The molecule has 0 bridgehead atoms. The Bertz CT molecular complexity index is 1270. The molecule has 0 spiro atoms. The van der Waals surface area contributed by atoms with Gasteiger partial charge in [0, 0.05) is 27.3 Å². The number of carbonyl (C=O) groups is 4. The van der Waals surface area contributed by atoms with E-state index in [4.69, 9.17) is 28.4 Å². The first kappa shape index (κ1) is 39.0. The molecular formula is C29H45N3O13. The van der Waals surface area contributed by atoms with Gasteiger partial charge >= 0.3 is 40.9 Å². The summed E-state index contributed by atoms with van der Waals surface area (Å²) in [5.74, 6) is -7.68. The third-order valence-electron chi connectivity index (χ3n) is 7.08. The summed E-state index contributed by atoms with van der Waals surface area (Å²) in [6, 6.07) is 0. The molecule has 16 heteroatoms. The number of hydrogen-bond acceptors (Lipinski definition) is 13. The second-order valence-electron chi connectivity index (χ2n) is 10.2. The molecule has 1 aliphatic carbocycles. The zero-order valence-electron chi connectivity index (χ0n) is 27.1. The number of nitrogens with zero attached hydrogens (tertiary/aromatic N) is 3. The molecule has 254 valence electrons. The minimum atomic E-state index is -1.26. The standard InChI is InChI=1S/C19H30O10.C10H15N3O3/c1-10(8-24-3)28-18(22)14-12(16(20)26-5)7-13(17(21)27-6)15(14)19(23)29-11(2)9-25-4;1-4-7-13-9(15)11(5-2)8(14)12(6-3)10(13)16/h10-15H,7-9H2,1-6H3;4H,1,5-7H2,2-3H3. The van der Waals surface area contributed by atoms with E-state index in [9.17, 15) is 33.6 Å². The van der Waals surface area contributed by atoms with Gasteiger partial charge in [-0.2, -0.15) is 0 Å². The molecule has 1 aromatic rings. The van der Waals surface area contributed by atoms with Crippen molar-refractivity contribution in [2.75, 3.05) is 41.7 Å². The Morgan fingerprint density at radius 2 is 1.07 bits per heavy atom. The lowest BCUT2D eigenvalue weighted by Gasteiger charge is -2.25. The second kappa shape index (κ2) is 18.7. The van der Waals surface area contributed by atoms with Gasteiger partial charge < -0.3 is 28.4 Å². The van der Waals surface area contributed by atoms with Crippen LogP contribution < -0.4 is 17.1 Å². The average Bonchev–Trinajstić information content (AvgIpc) is 3.41. The summed E-state index contributed by atoms with van der Waals surface area (Å²) in [6.45, 7) is 10.9. The van der Waals surface area contributed by atoms with Gasteiger partial charge in [0.1, 0.15) is 12.2 Å². The zero-order chi connectivity index (χ0) is 34.4. The van der Waals surface area contributed by atoms with Crippen molar-refractivity contribution in [1.29, 1.82) is 0 Å². The third kappa shape index (κ3) is 9.72. The first-order chi connectivity index (χ1) is 21.3. The van der Waals surface area contributed by atoms with E-state index < -0.39 is 76.8 Å². The van der Waals surface area contributed by atoms with Gasteiger partial charge in [0.15, 0.2) is 0 Å². The van der Waals surface area contributed by atoms with E-state index in [1.54, 1.807) is 27.7 Å². The van der Waals surface area contributed by atoms with Crippen molar-refractivity contribution in [3.63, 3.8) is 0 Å². The molecule has 0 amide bonds. The summed E-state index contributed by atoms with van der Waals surface area (Å²) in [7, 11) is 5.22. The van der Waals surface area contributed by atoms with Gasteiger partial charge in [-0.3, -0.25) is 19.2 Å². The van der Waals surface area contributed by atoms with Crippen molar-refractivity contribution in [3.8, 4) is 0 Å². The van der Waals surface area contributed by atoms with Gasteiger partial charge in [0.25, 0.3) is 0 Å². The van der Waals surface area contributed by atoms with Crippen LogP contribution in [0.3, 0.4) is 0 Å². The Morgan fingerprint density at radius 3 is 1.36 bits per heavy atom. The highest BCUT2D eigenvalue weighted by molar-refractivity contribution is 5.92. The molecule has 1 aliphatic rings. The highest BCUT2D eigenvalue weighted by Crippen LogP contribution is 2.44. The Morgan fingerprint density at radius 1 is 0.711 bits per heavy atom. The fraction of sp³-hybridized carbons (Fsp3) is 0.690. The van der Waals surface area contributed by atoms with E-state index in [0.717, 1.165) is 27.9 Å². The predicted octanol–water partition coefficient (Wildman–Crippen LogP) is -0.245. The van der Waals surface area contributed by atoms with Crippen molar-refractivity contribution in [2.24, 2.45) is 23.7 Å². The molecular weight excluding hydrogens is 598 g/mol. The summed E-state index contributed by atoms with van der Waals surface area (Å²) in [5.41, 5.74) is -1.72. The lowest BCUT2D eigenvalue weighted by atomic mass is 9.86. The normalized spacial score (nSPS) is 20.2. The highest BCUT2D eigenvalue weighted by atomic mass is 16.6. The van der Waals surface area contributed by atoms with Crippen LogP contribution in [0.4, 0.5) is 0 Å². The van der Waals surface area contributed by atoms with Crippen LogP contribution in [0, 0.1) is 23.7 Å². The number of allylic oxidation sites excluding steroid dienone is 1.